The lowest BCUT2D eigenvalue weighted by Crippen LogP contribution is -2.04. The molecule has 0 saturated carbocycles. The van der Waals surface area contributed by atoms with Gasteiger partial charge in [-0.3, -0.25) is 4.57 Å². The van der Waals surface area contributed by atoms with Gasteiger partial charge in [0.25, 0.3) is 0 Å². The molecule has 30 heavy (non-hydrogen) atoms. The number of hydrogen-bond acceptors (Lipinski definition) is 4. The number of fused-ring (bicyclic) bond motifs is 1. The van der Waals surface area contributed by atoms with Crippen LogP contribution < -0.4 is 5.32 Å². The fourth-order valence-electron chi connectivity index (χ4n) is 3.41. The topological polar surface area (TPSA) is 55.6 Å². The Morgan fingerprint density at radius 1 is 0.767 bits per heavy atom. The van der Waals surface area contributed by atoms with Gasteiger partial charge in [-0.2, -0.15) is 9.97 Å². The van der Waals surface area contributed by atoms with Gasteiger partial charge in [0.05, 0.1) is 0 Å². The molecule has 0 radical (unpaired) electrons. The van der Waals surface area contributed by atoms with E-state index in [0.29, 0.717) is 23.5 Å². The molecule has 0 aliphatic rings. The Morgan fingerprint density at radius 3 is 2.17 bits per heavy atom. The van der Waals surface area contributed by atoms with Crippen molar-refractivity contribution < 1.29 is 0 Å². The van der Waals surface area contributed by atoms with E-state index in [1.54, 1.807) is 6.33 Å². The largest absolute Gasteiger partial charge is 0.364 e. The molecule has 6 heteroatoms. The van der Waals surface area contributed by atoms with Crippen LogP contribution in [0.3, 0.4) is 0 Å². The zero-order chi connectivity index (χ0) is 20.3. The van der Waals surface area contributed by atoms with E-state index in [2.05, 4.69) is 56.7 Å². The van der Waals surface area contributed by atoms with Gasteiger partial charge in [-0.15, -0.1) is 0 Å². The highest BCUT2D eigenvalue weighted by atomic mass is 35.5. The number of nitrogens with zero attached hydrogens (tertiary/aromatic N) is 4. The first-order valence-electron chi connectivity index (χ1n) is 9.62. The van der Waals surface area contributed by atoms with Crippen LogP contribution in [-0.4, -0.2) is 19.5 Å². The average molecular weight is 412 g/mol. The lowest BCUT2D eigenvalue weighted by molar-refractivity contribution is 1.05. The second-order valence-corrected chi connectivity index (χ2v) is 7.22. The number of aromatic nitrogens is 4. The van der Waals surface area contributed by atoms with Crippen LogP contribution in [-0.2, 0) is 6.54 Å². The lowest BCUT2D eigenvalue weighted by atomic mass is 10.0. The van der Waals surface area contributed by atoms with Crippen LogP contribution in [0.15, 0.2) is 91.3 Å². The Bertz CT molecular complexity index is 1280. The molecule has 0 saturated heterocycles. The Labute approximate surface area is 179 Å². The molecule has 0 atom stereocenters. The summed E-state index contributed by atoms with van der Waals surface area (Å²) in [5, 5.41) is 3.54. The van der Waals surface area contributed by atoms with Crippen molar-refractivity contribution in [3.8, 4) is 16.8 Å². The Balaban J connectivity index is 1.40. The molecule has 146 valence electrons. The van der Waals surface area contributed by atoms with Gasteiger partial charge in [0.1, 0.15) is 6.33 Å². The highest BCUT2D eigenvalue weighted by Crippen LogP contribution is 2.24. The molecule has 5 rings (SSSR count). The van der Waals surface area contributed by atoms with E-state index < -0.39 is 0 Å². The molecule has 2 aromatic heterocycles. The Kier molecular flexibility index (Phi) is 4.87. The molecule has 0 fully saturated rings. The summed E-state index contributed by atoms with van der Waals surface area (Å²) in [7, 11) is 0. The highest BCUT2D eigenvalue weighted by molar-refractivity contribution is 6.28. The number of anilines is 1. The van der Waals surface area contributed by atoms with E-state index in [0.717, 1.165) is 11.3 Å². The molecule has 0 aliphatic heterocycles. The monoisotopic (exact) mass is 411 g/mol. The van der Waals surface area contributed by atoms with Gasteiger partial charge in [0, 0.05) is 12.2 Å². The molecular formula is C24H18ClN5. The normalized spacial score (nSPS) is 11.0. The van der Waals surface area contributed by atoms with E-state index in [1.165, 1.54) is 11.1 Å². The first-order chi connectivity index (χ1) is 14.8. The fraction of sp³-hybridized carbons (Fsp3) is 0.0417. The van der Waals surface area contributed by atoms with Gasteiger partial charge in [-0.1, -0.05) is 72.8 Å². The minimum Gasteiger partial charge on any atom is -0.364 e. The minimum absolute atomic E-state index is 0.183. The summed E-state index contributed by atoms with van der Waals surface area (Å²) in [6.07, 6.45) is 1.74. The summed E-state index contributed by atoms with van der Waals surface area (Å²) in [6.45, 7) is 0.607. The van der Waals surface area contributed by atoms with Crippen LogP contribution in [0.4, 0.5) is 5.82 Å². The third kappa shape index (κ3) is 3.63. The minimum atomic E-state index is 0.183. The zero-order valence-corrected chi connectivity index (χ0v) is 16.8. The predicted molar refractivity (Wildman–Crippen MR) is 121 cm³/mol. The molecule has 0 spiro atoms. The van der Waals surface area contributed by atoms with Crippen LogP contribution in [0.5, 0.6) is 0 Å². The maximum atomic E-state index is 6.21. The van der Waals surface area contributed by atoms with E-state index in [9.17, 15) is 0 Å². The van der Waals surface area contributed by atoms with Crippen LogP contribution in [0.25, 0.3) is 28.0 Å². The first-order valence-corrected chi connectivity index (χ1v) is 10.00. The van der Waals surface area contributed by atoms with Crippen molar-refractivity contribution in [2.24, 2.45) is 0 Å². The van der Waals surface area contributed by atoms with Gasteiger partial charge in [-0.25, -0.2) is 4.98 Å². The van der Waals surface area contributed by atoms with Crippen LogP contribution >= 0.6 is 11.6 Å². The number of rotatable bonds is 5. The van der Waals surface area contributed by atoms with E-state index >= 15 is 0 Å². The molecule has 3 aromatic carbocycles. The van der Waals surface area contributed by atoms with Crippen LogP contribution in [0, 0.1) is 0 Å². The van der Waals surface area contributed by atoms with Gasteiger partial charge >= 0.3 is 0 Å². The molecule has 1 N–H and O–H groups in total. The van der Waals surface area contributed by atoms with Crippen molar-refractivity contribution >= 4 is 28.6 Å². The Hall–Kier alpha value is -3.70. The molecule has 0 amide bonds. The lowest BCUT2D eigenvalue weighted by Gasteiger charge is -2.09. The average Bonchev–Trinajstić information content (AvgIpc) is 3.23. The summed E-state index contributed by atoms with van der Waals surface area (Å²) >= 11 is 6.21. The smallest absolute Gasteiger partial charge is 0.226 e. The first kappa shape index (κ1) is 18.3. The van der Waals surface area contributed by atoms with Crippen molar-refractivity contribution in [2.45, 2.75) is 6.54 Å². The standard InChI is InChI=1S/C24H18ClN5/c25-24-28-22(21-23(29-24)30(16-27-21)20-9-5-2-6-10-20)26-15-17-11-13-19(14-12-17)18-7-3-1-4-8-18/h1-14,16H,15H2,(H,26,28,29). The molecule has 5 nitrogen and oxygen atoms in total. The number of benzene rings is 3. The van der Waals surface area contributed by atoms with Gasteiger partial charge in [-0.05, 0) is 40.4 Å². The van der Waals surface area contributed by atoms with Crippen molar-refractivity contribution in [2.75, 3.05) is 5.32 Å². The third-order valence-corrected chi connectivity index (χ3v) is 5.09. The summed E-state index contributed by atoms with van der Waals surface area (Å²) in [4.78, 5) is 13.3. The van der Waals surface area contributed by atoms with Gasteiger partial charge < -0.3 is 5.32 Å². The van der Waals surface area contributed by atoms with Gasteiger partial charge in [0.15, 0.2) is 17.0 Å². The molecule has 2 heterocycles. The van der Waals surface area contributed by atoms with E-state index in [1.807, 2.05) is 53.1 Å². The van der Waals surface area contributed by atoms with Crippen molar-refractivity contribution in [1.29, 1.82) is 0 Å². The van der Waals surface area contributed by atoms with Crippen molar-refractivity contribution in [1.82, 2.24) is 19.5 Å². The SMILES string of the molecule is Clc1nc(NCc2ccc(-c3ccccc3)cc2)c2ncn(-c3ccccc3)c2n1. The summed E-state index contributed by atoms with van der Waals surface area (Å²) < 4.78 is 1.91. The molecule has 0 aliphatic carbocycles. The van der Waals surface area contributed by atoms with Crippen LogP contribution in [0.2, 0.25) is 5.28 Å². The van der Waals surface area contributed by atoms with E-state index in [-0.39, 0.29) is 5.28 Å². The zero-order valence-electron chi connectivity index (χ0n) is 16.0. The van der Waals surface area contributed by atoms with Gasteiger partial charge in [0.2, 0.25) is 5.28 Å². The number of nitrogens with one attached hydrogen (secondary N) is 1. The maximum Gasteiger partial charge on any atom is 0.226 e. The molecular weight excluding hydrogens is 394 g/mol. The van der Waals surface area contributed by atoms with Crippen molar-refractivity contribution in [3.63, 3.8) is 0 Å². The molecule has 5 aromatic rings. The molecule has 0 bridgehead atoms. The number of halogens is 1. The number of imidazole rings is 1. The second-order valence-electron chi connectivity index (χ2n) is 6.88. The highest BCUT2D eigenvalue weighted by Gasteiger charge is 2.13. The third-order valence-electron chi connectivity index (χ3n) is 4.92. The summed E-state index contributed by atoms with van der Waals surface area (Å²) in [6, 6.07) is 28.7. The second kappa shape index (κ2) is 7.97. The molecule has 0 unspecified atom stereocenters. The van der Waals surface area contributed by atoms with Crippen molar-refractivity contribution in [3.05, 3.63) is 102 Å². The van der Waals surface area contributed by atoms with E-state index in [4.69, 9.17) is 11.6 Å². The predicted octanol–water partition coefficient (Wildman–Crippen LogP) is 5.75. The summed E-state index contributed by atoms with van der Waals surface area (Å²) in [5.41, 5.74) is 5.85. The Morgan fingerprint density at radius 2 is 1.43 bits per heavy atom. The maximum absolute atomic E-state index is 6.21. The quantitative estimate of drug-likeness (QED) is 0.374. The number of para-hydroxylation sites is 1. The van der Waals surface area contributed by atoms with Crippen LogP contribution in [0.1, 0.15) is 5.56 Å². The number of hydrogen-bond donors (Lipinski definition) is 1. The summed E-state index contributed by atoms with van der Waals surface area (Å²) in [5.74, 6) is 0.617. The fourth-order valence-corrected chi connectivity index (χ4v) is 3.57.